The topological polar surface area (TPSA) is 87.8 Å². The molecule has 0 amide bonds. The Balaban J connectivity index is 0. The molecule has 0 heterocycles. The molecule has 56 heavy (non-hydrogen) atoms. The maximum absolute atomic E-state index is 5.81. The molecular weight excluding hydrogens is 685 g/mol. The van der Waals surface area contributed by atoms with Crippen LogP contribution in [0, 0.1) is 0 Å². The first-order valence-electron chi connectivity index (χ1n) is 25.9. The van der Waals surface area contributed by atoms with Crippen LogP contribution in [-0.2, 0) is 0 Å². The van der Waals surface area contributed by atoms with Gasteiger partial charge < -0.3 is 31.9 Å². The highest BCUT2D eigenvalue weighted by molar-refractivity contribution is 4.65. The molecule has 0 aliphatic rings. The van der Waals surface area contributed by atoms with Gasteiger partial charge in [0.2, 0.25) is 0 Å². The van der Waals surface area contributed by atoms with E-state index in [2.05, 4.69) is 42.4 Å². The molecule has 0 saturated heterocycles. The van der Waals surface area contributed by atoms with Crippen LogP contribution < -0.4 is 17.2 Å². The molecule has 0 aromatic heterocycles. The van der Waals surface area contributed by atoms with Crippen LogP contribution in [0.3, 0.4) is 0 Å². The lowest BCUT2D eigenvalue weighted by Crippen LogP contribution is -2.33. The molecular formula is C50H110N6. The Hall–Kier alpha value is -0.240. The lowest BCUT2D eigenvalue weighted by atomic mass is 10.0. The Morgan fingerprint density at radius 3 is 0.607 bits per heavy atom. The molecule has 0 aromatic carbocycles. The van der Waals surface area contributed by atoms with E-state index in [1.165, 1.54) is 258 Å². The van der Waals surface area contributed by atoms with Gasteiger partial charge in [0.15, 0.2) is 0 Å². The van der Waals surface area contributed by atoms with Crippen molar-refractivity contribution in [1.82, 2.24) is 14.7 Å². The standard InChI is InChI=1S/C31H68N4.C19H42N2/c1-3-5-7-8-9-10-11-12-13-14-15-16-17-18-19-20-27-35(29-22-25-33)31-23-30-34(26-6-4-2)28-21-24-32;1-3-5-7-8-9-10-11-12-13-14-18-21(17-6-4-2)19-15-16-20/h3-33H2,1-2H3;3-20H2,1-2H3. The van der Waals surface area contributed by atoms with Gasteiger partial charge >= 0.3 is 0 Å². The first-order valence-corrected chi connectivity index (χ1v) is 25.9. The van der Waals surface area contributed by atoms with E-state index < -0.39 is 0 Å². The molecule has 0 aliphatic heterocycles. The lowest BCUT2D eigenvalue weighted by Gasteiger charge is -2.26. The molecule has 0 aliphatic carbocycles. The highest BCUT2D eigenvalue weighted by atomic mass is 15.1. The molecule has 340 valence electrons. The van der Waals surface area contributed by atoms with Gasteiger partial charge in [-0.25, -0.2) is 0 Å². The largest absolute Gasteiger partial charge is 0.330 e. The second kappa shape index (κ2) is 52.8. The summed E-state index contributed by atoms with van der Waals surface area (Å²) >= 11 is 0. The second-order valence-corrected chi connectivity index (χ2v) is 17.5. The summed E-state index contributed by atoms with van der Waals surface area (Å²) in [5, 5.41) is 0. The molecule has 0 unspecified atom stereocenters. The van der Waals surface area contributed by atoms with Crippen molar-refractivity contribution in [2.24, 2.45) is 17.2 Å². The average molecular weight is 795 g/mol. The van der Waals surface area contributed by atoms with Gasteiger partial charge in [-0.2, -0.15) is 0 Å². The first kappa shape index (κ1) is 57.9. The van der Waals surface area contributed by atoms with Crippen molar-refractivity contribution >= 4 is 0 Å². The molecule has 0 radical (unpaired) electrons. The maximum atomic E-state index is 5.81. The summed E-state index contributed by atoms with van der Waals surface area (Å²) in [5.74, 6) is 0. The molecule has 6 N–H and O–H groups in total. The Bertz CT molecular complexity index is 647. The highest BCUT2D eigenvalue weighted by Gasteiger charge is 2.08. The van der Waals surface area contributed by atoms with Crippen molar-refractivity contribution < 1.29 is 0 Å². The summed E-state index contributed by atoms with van der Waals surface area (Å²) < 4.78 is 0. The van der Waals surface area contributed by atoms with Gasteiger partial charge in [-0.1, -0.05) is 195 Å². The lowest BCUT2D eigenvalue weighted by molar-refractivity contribution is 0.220. The number of hydrogen-bond donors (Lipinski definition) is 3. The van der Waals surface area contributed by atoms with Gasteiger partial charge in [0.1, 0.15) is 0 Å². The average Bonchev–Trinajstić information content (AvgIpc) is 3.21. The maximum Gasteiger partial charge on any atom is -0.000654 e. The SMILES string of the molecule is CCCCCCCCCCCCCCCCCCN(CCCN)CCCN(CCCC)CCCN.CCCCCCCCCCCCN(CCCC)CCCN. The first-order chi connectivity index (χ1) is 27.6. The molecule has 0 atom stereocenters. The molecule has 0 bridgehead atoms. The number of nitrogens with two attached hydrogens (primary N) is 3. The van der Waals surface area contributed by atoms with Gasteiger partial charge in [0.05, 0.1) is 0 Å². The van der Waals surface area contributed by atoms with Gasteiger partial charge in [0, 0.05) is 0 Å². The molecule has 0 saturated carbocycles. The monoisotopic (exact) mass is 795 g/mol. The molecule has 6 nitrogen and oxygen atoms in total. The van der Waals surface area contributed by atoms with Crippen LogP contribution in [0.4, 0.5) is 0 Å². The van der Waals surface area contributed by atoms with E-state index in [9.17, 15) is 0 Å². The van der Waals surface area contributed by atoms with Crippen LogP contribution in [0.2, 0.25) is 0 Å². The second-order valence-electron chi connectivity index (χ2n) is 17.5. The van der Waals surface area contributed by atoms with Crippen molar-refractivity contribution in [2.75, 3.05) is 78.5 Å². The number of hydrogen-bond acceptors (Lipinski definition) is 6. The zero-order valence-electron chi connectivity index (χ0n) is 39.6. The molecule has 0 aromatic rings. The van der Waals surface area contributed by atoms with Crippen molar-refractivity contribution in [3.05, 3.63) is 0 Å². The molecule has 0 fully saturated rings. The Morgan fingerprint density at radius 1 is 0.196 bits per heavy atom. The van der Waals surface area contributed by atoms with Crippen molar-refractivity contribution in [1.29, 1.82) is 0 Å². The minimum Gasteiger partial charge on any atom is -0.330 e. The predicted octanol–water partition coefficient (Wildman–Crippen LogP) is 13.1. The van der Waals surface area contributed by atoms with Gasteiger partial charge in [0.25, 0.3) is 0 Å². The summed E-state index contributed by atoms with van der Waals surface area (Å²) in [6, 6.07) is 0. The summed E-state index contributed by atoms with van der Waals surface area (Å²) in [6.45, 7) is 22.7. The van der Waals surface area contributed by atoms with Crippen LogP contribution in [0.25, 0.3) is 0 Å². The molecule has 6 heteroatoms. The molecule has 0 rings (SSSR count). The third kappa shape index (κ3) is 48.1. The normalized spacial score (nSPS) is 11.7. The zero-order valence-corrected chi connectivity index (χ0v) is 39.6. The van der Waals surface area contributed by atoms with E-state index in [0.29, 0.717) is 0 Å². The fourth-order valence-corrected chi connectivity index (χ4v) is 7.94. The predicted molar refractivity (Wildman–Crippen MR) is 256 cm³/mol. The molecule has 0 spiro atoms. The smallest absolute Gasteiger partial charge is 0.000654 e. The Morgan fingerprint density at radius 2 is 0.375 bits per heavy atom. The van der Waals surface area contributed by atoms with Crippen LogP contribution in [0.15, 0.2) is 0 Å². The minimum absolute atomic E-state index is 0.810. The zero-order chi connectivity index (χ0) is 41.3. The van der Waals surface area contributed by atoms with Gasteiger partial charge in [-0.05, 0) is 130 Å². The highest BCUT2D eigenvalue weighted by Crippen LogP contribution is 2.15. The van der Waals surface area contributed by atoms with Gasteiger partial charge in [-0.15, -0.1) is 0 Å². The van der Waals surface area contributed by atoms with E-state index in [0.717, 1.165) is 38.9 Å². The van der Waals surface area contributed by atoms with E-state index in [1.807, 2.05) is 0 Å². The fraction of sp³-hybridized carbons (Fsp3) is 1.00. The Kier molecular flexibility index (Phi) is 54.5. The van der Waals surface area contributed by atoms with Crippen LogP contribution >= 0.6 is 0 Å². The van der Waals surface area contributed by atoms with Crippen molar-refractivity contribution in [2.45, 2.75) is 246 Å². The van der Waals surface area contributed by atoms with E-state index in [1.54, 1.807) is 0 Å². The summed E-state index contributed by atoms with van der Waals surface area (Å²) in [6.07, 6.45) is 47.2. The van der Waals surface area contributed by atoms with Crippen molar-refractivity contribution in [3.63, 3.8) is 0 Å². The summed E-state index contributed by atoms with van der Waals surface area (Å²) in [4.78, 5) is 7.94. The van der Waals surface area contributed by atoms with Gasteiger partial charge in [-0.3, -0.25) is 0 Å². The van der Waals surface area contributed by atoms with Crippen LogP contribution in [0.5, 0.6) is 0 Å². The fourth-order valence-electron chi connectivity index (χ4n) is 7.94. The van der Waals surface area contributed by atoms with E-state index >= 15 is 0 Å². The number of nitrogens with zero attached hydrogens (tertiary/aromatic N) is 3. The van der Waals surface area contributed by atoms with E-state index in [-0.39, 0.29) is 0 Å². The summed E-state index contributed by atoms with van der Waals surface area (Å²) in [5.41, 5.74) is 17.2. The summed E-state index contributed by atoms with van der Waals surface area (Å²) in [7, 11) is 0. The number of unbranched alkanes of at least 4 members (excludes halogenated alkanes) is 26. The third-order valence-corrected chi connectivity index (χ3v) is 11.8. The Labute approximate surface area is 355 Å². The number of rotatable bonds is 47. The minimum atomic E-state index is 0.810. The van der Waals surface area contributed by atoms with Crippen LogP contribution in [0.1, 0.15) is 246 Å². The third-order valence-electron chi connectivity index (χ3n) is 11.8. The van der Waals surface area contributed by atoms with Crippen LogP contribution in [-0.4, -0.2) is 93.2 Å². The van der Waals surface area contributed by atoms with E-state index in [4.69, 9.17) is 17.2 Å². The quantitative estimate of drug-likeness (QED) is 0.0532. The van der Waals surface area contributed by atoms with Crippen molar-refractivity contribution in [3.8, 4) is 0 Å².